The van der Waals surface area contributed by atoms with E-state index in [1.54, 1.807) is 6.92 Å². The first-order valence-electron chi connectivity index (χ1n) is 7.03. The van der Waals surface area contributed by atoms with Crippen LogP contribution in [0.4, 0.5) is 0 Å². The molecule has 21 heavy (non-hydrogen) atoms. The van der Waals surface area contributed by atoms with E-state index < -0.39 is 48.6 Å². The Morgan fingerprint density at radius 1 is 1.05 bits per heavy atom. The van der Waals surface area contributed by atoms with Gasteiger partial charge in [-0.05, 0) is 39.5 Å². The van der Waals surface area contributed by atoms with Gasteiger partial charge in [0.05, 0.1) is 5.60 Å². The van der Waals surface area contributed by atoms with Crippen molar-refractivity contribution in [2.75, 3.05) is 13.2 Å². The lowest BCUT2D eigenvalue weighted by atomic mass is 9.65. The fourth-order valence-electron chi connectivity index (χ4n) is 3.36. The van der Waals surface area contributed by atoms with Crippen LogP contribution in [0, 0.1) is 5.92 Å². The Labute approximate surface area is 123 Å². The molecule has 2 heterocycles. The zero-order valence-corrected chi connectivity index (χ0v) is 12.5. The third-order valence-electron chi connectivity index (χ3n) is 4.55. The van der Waals surface area contributed by atoms with Gasteiger partial charge in [0.25, 0.3) is 0 Å². The number of carbonyl (C=O) groups is 2. The Bertz CT molecular complexity index is 403. The molecule has 3 aliphatic rings. The Hall–Kier alpha value is -1.18. The summed E-state index contributed by atoms with van der Waals surface area (Å²) in [5.41, 5.74) is -1.41. The molecular weight excluding hydrogens is 280 g/mol. The number of hydrogen-bond acceptors (Lipinski definition) is 7. The molecule has 2 aliphatic heterocycles. The highest BCUT2D eigenvalue weighted by Crippen LogP contribution is 2.51. The molecule has 1 aliphatic carbocycles. The monoisotopic (exact) mass is 302 g/mol. The number of ether oxygens (including phenoxy) is 3. The Morgan fingerprint density at radius 2 is 1.48 bits per heavy atom. The van der Waals surface area contributed by atoms with Crippen molar-refractivity contribution in [2.45, 2.75) is 57.0 Å². The summed E-state index contributed by atoms with van der Waals surface area (Å²) in [6.07, 6.45) is -0.0222. The van der Waals surface area contributed by atoms with Crippen LogP contribution in [0.5, 0.6) is 0 Å². The van der Waals surface area contributed by atoms with Crippen LogP contribution < -0.4 is 0 Å². The lowest BCUT2D eigenvalue weighted by molar-refractivity contribution is -0.316. The molecule has 3 rings (SSSR count). The molecule has 2 bridgehead atoms. The molecule has 0 aromatic rings. The minimum absolute atomic E-state index is 0.0484. The second-order valence-electron chi connectivity index (χ2n) is 6.33. The number of esters is 2. The predicted octanol–water partition coefficient (Wildman–Crippen LogP) is -0.228. The van der Waals surface area contributed by atoms with Gasteiger partial charge in [0.2, 0.25) is 0 Å². The van der Waals surface area contributed by atoms with Crippen molar-refractivity contribution in [1.29, 1.82) is 0 Å². The van der Waals surface area contributed by atoms with Gasteiger partial charge in [-0.1, -0.05) is 0 Å². The molecule has 1 saturated carbocycles. The van der Waals surface area contributed by atoms with E-state index in [0.717, 1.165) is 0 Å². The lowest BCUT2D eigenvalue weighted by Crippen LogP contribution is -2.69. The highest BCUT2D eigenvalue weighted by molar-refractivity contribution is 5.71. The van der Waals surface area contributed by atoms with Crippen molar-refractivity contribution in [3.05, 3.63) is 0 Å². The highest BCUT2D eigenvalue weighted by atomic mass is 16.6. The third-order valence-corrected chi connectivity index (χ3v) is 4.55. The smallest absolute Gasteiger partial charge is 0.332 e. The highest BCUT2D eigenvalue weighted by Gasteiger charge is 2.62. The van der Waals surface area contributed by atoms with E-state index in [0.29, 0.717) is 12.8 Å². The Morgan fingerprint density at radius 3 is 1.86 bits per heavy atom. The molecule has 0 radical (unpaired) electrons. The number of aliphatic hydroxyl groups is 2. The van der Waals surface area contributed by atoms with Gasteiger partial charge in [-0.2, -0.15) is 0 Å². The SMILES string of the molecule is CC1(C)OC2(C)C(OC(=O)CO)CC1CC2OC(=O)CO. The van der Waals surface area contributed by atoms with Gasteiger partial charge >= 0.3 is 11.9 Å². The van der Waals surface area contributed by atoms with Crippen LogP contribution in [0.2, 0.25) is 0 Å². The van der Waals surface area contributed by atoms with Crippen molar-refractivity contribution in [3.8, 4) is 0 Å². The summed E-state index contributed by atoms with van der Waals surface area (Å²) < 4.78 is 16.6. The third kappa shape index (κ3) is 2.90. The van der Waals surface area contributed by atoms with Crippen LogP contribution >= 0.6 is 0 Å². The van der Waals surface area contributed by atoms with E-state index in [1.165, 1.54) is 0 Å². The molecule has 0 amide bonds. The summed E-state index contributed by atoms with van der Waals surface area (Å²) in [7, 11) is 0. The topological polar surface area (TPSA) is 102 Å². The second kappa shape index (κ2) is 5.55. The molecule has 7 nitrogen and oxygen atoms in total. The maximum Gasteiger partial charge on any atom is 0.332 e. The molecular formula is C14H22O7. The largest absolute Gasteiger partial charge is 0.457 e. The van der Waals surface area contributed by atoms with Crippen molar-refractivity contribution in [2.24, 2.45) is 5.92 Å². The van der Waals surface area contributed by atoms with Crippen LogP contribution in [-0.4, -0.2) is 58.8 Å². The summed E-state index contributed by atoms with van der Waals surface area (Å²) in [5, 5.41) is 17.7. The van der Waals surface area contributed by atoms with Gasteiger partial charge in [0, 0.05) is 0 Å². The average molecular weight is 302 g/mol. The average Bonchev–Trinajstić information content (AvgIpc) is 2.40. The maximum atomic E-state index is 11.4. The fraction of sp³-hybridized carbons (Fsp3) is 0.857. The van der Waals surface area contributed by atoms with E-state index in [2.05, 4.69) is 0 Å². The molecule has 2 N–H and O–H groups in total. The molecule has 0 spiro atoms. The first-order chi connectivity index (χ1) is 9.72. The first-order valence-corrected chi connectivity index (χ1v) is 7.03. The van der Waals surface area contributed by atoms with E-state index in [1.807, 2.05) is 13.8 Å². The van der Waals surface area contributed by atoms with Gasteiger partial charge in [-0.15, -0.1) is 0 Å². The molecule has 2 saturated heterocycles. The van der Waals surface area contributed by atoms with Crippen LogP contribution in [0.15, 0.2) is 0 Å². The van der Waals surface area contributed by atoms with Crippen LogP contribution in [0.1, 0.15) is 33.6 Å². The molecule has 7 heteroatoms. The lowest BCUT2D eigenvalue weighted by Gasteiger charge is -2.59. The zero-order chi connectivity index (χ0) is 15.8. The minimum Gasteiger partial charge on any atom is -0.457 e. The standard InChI is InChI=1S/C14H22O7/c1-13(2)8-4-9(19-11(17)6-15)14(3,21-13)10(5-8)20-12(18)7-16/h8-10,15-16H,4-7H2,1-3H3. The molecule has 2 atom stereocenters. The Kier molecular flexibility index (Phi) is 4.28. The quantitative estimate of drug-likeness (QED) is 0.692. The van der Waals surface area contributed by atoms with Crippen LogP contribution in [0.25, 0.3) is 0 Å². The fourth-order valence-corrected chi connectivity index (χ4v) is 3.36. The van der Waals surface area contributed by atoms with E-state index in [9.17, 15) is 9.59 Å². The number of hydrogen-bond donors (Lipinski definition) is 2. The van der Waals surface area contributed by atoms with Crippen LogP contribution in [0.3, 0.4) is 0 Å². The number of fused-ring (bicyclic) bond motifs is 3. The summed E-state index contributed by atoms with van der Waals surface area (Å²) in [6, 6.07) is 0. The van der Waals surface area contributed by atoms with E-state index in [-0.39, 0.29) is 5.92 Å². The Balaban J connectivity index is 2.22. The zero-order valence-electron chi connectivity index (χ0n) is 12.5. The second-order valence-corrected chi connectivity index (χ2v) is 6.33. The maximum absolute atomic E-state index is 11.4. The van der Waals surface area contributed by atoms with E-state index >= 15 is 0 Å². The molecule has 3 fully saturated rings. The summed E-state index contributed by atoms with van der Waals surface area (Å²) in [4.78, 5) is 22.7. The first kappa shape index (κ1) is 16.2. The number of rotatable bonds is 4. The summed E-state index contributed by atoms with van der Waals surface area (Å²) in [6.45, 7) is 4.21. The van der Waals surface area contributed by atoms with Gasteiger partial charge in [0.15, 0.2) is 0 Å². The molecule has 120 valence electrons. The van der Waals surface area contributed by atoms with E-state index in [4.69, 9.17) is 24.4 Å². The normalized spacial score (nSPS) is 37.1. The van der Waals surface area contributed by atoms with Gasteiger partial charge < -0.3 is 24.4 Å². The van der Waals surface area contributed by atoms with Crippen LogP contribution in [-0.2, 0) is 23.8 Å². The molecule has 0 aromatic carbocycles. The van der Waals surface area contributed by atoms with Crippen molar-refractivity contribution in [3.63, 3.8) is 0 Å². The van der Waals surface area contributed by atoms with Crippen molar-refractivity contribution >= 4 is 11.9 Å². The molecule has 0 aromatic heterocycles. The van der Waals surface area contributed by atoms with Crippen molar-refractivity contribution in [1.82, 2.24) is 0 Å². The van der Waals surface area contributed by atoms with Gasteiger partial charge in [-0.3, -0.25) is 0 Å². The number of carbonyl (C=O) groups excluding carboxylic acids is 2. The minimum atomic E-state index is -0.992. The number of aliphatic hydroxyl groups excluding tert-OH is 2. The van der Waals surface area contributed by atoms with Crippen molar-refractivity contribution < 1.29 is 34.0 Å². The summed E-state index contributed by atoms with van der Waals surface area (Å²) in [5.74, 6) is -1.42. The predicted molar refractivity (Wildman–Crippen MR) is 70.2 cm³/mol. The van der Waals surface area contributed by atoms with Gasteiger partial charge in [0.1, 0.15) is 31.0 Å². The molecule has 2 unspecified atom stereocenters. The summed E-state index contributed by atoms with van der Waals surface area (Å²) >= 11 is 0. The van der Waals surface area contributed by atoms with Gasteiger partial charge in [-0.25, -0.2) is 9.59 Å².